The molecule has 4 heterocycles. The van der Waals surface area contributed by atoms with Crippen LogP contribution in [0.25, 0.3) is 17.2 Å². The number of ether oxygens (including phenoxy) is 2. The van der Waals surface area contributed by atoms with Crippen LogP contribution in [0.5, 0.6) is 11.5 Å². The highest BCUT2D eigenvalue weighted by molar-refractivity contribution is 7.93. The topological polar surface area (TPSA) is 142 Å². The molecule has 5 rings (SSSR count). The molecule has 0 amide bonds. The van der Waals surface area contributed by atoms with E-state index < -0.39 is 21.1 Å². The summed E-state index contributed by atoms with van der Waals surface area (Å²) < 4.78 is 57.4. The fourth-order valence-corrected chi connectivity index (χ4v) is 5.77. The van der Waals surface area contributed by atoms with Crippen LogP contribution in [0, 0.1) is 5.82 Å². The highest BCUT2D eigenvalue weighted by Crippen LogP contribution is 2.37. The minimum absolute atomic E-state index is 0.0522. The van der Waals surface area contributed by atoms with Crippen molar-refractivity contribution in [3.8, 4) is 28.7 Å². The molecule has 4 aromatic rings. The van der Waals surface area contributed by atoms with Crippen molar-refractivity contribution in [2.24, 2.45) is 7.05 Å². The molecule has 38 heavy (non-hydrogen) atoms. The van der Waals surface area contributed by atoms with Gasteiger partial charge in [0.15, 0.2) is 11.6 Å². The van der Waals surface area contributed by atoms with Crippen LogP contribution in [-0.2, 0) is 17.1 Å². The summed E-state index contributed by atoms with van der Waals surface area (Å²) in [5.41, 5.74) is 0.876. The monoisotopic (exact) mass is 543 g/mol. The first-order valence-electron chi connectivity index (χ1n) is 11.7. The first-order chi connectivity index (χ1) is 18.3. The van der Waals surface area contributed by atoms with Crippen LogP contribution in [0.1, 0.15) is 12.8 Å². The van der Waals surface area contributed by atoms with E-state index >= 15 is 0 Å². The Balaban J connectivity index is 1.54. The maximum Gasteiger partial charge on any atom is 0.243 e. The van der Waals surface area contributed by atoms with Gasteiger partial charge in [0.05, 0.1) is 31.9 Å². The number of benzene rings is 1. The molecule has 1 fully saturated rings. The Morgan fingerprint density at radius 2 is 1.79 bits per heavy atom. The van der Waals surface area contributed by atoms with Crippen molar-refractivity contribution in [2.75, 3.05) is 36.9 Å². The first-order valence-corrected chi connectivity index (χ1v) is 13.3. The summed E-state index contributed by atoms with van der Waals surface area (Å²) in [5, 5.41) is 12.0. The minimum atomic E-state index is -3.97. The molecule has 3 aromatic heterocycles. The third kappa shape index (κ3) is 4.83. The van der Waals surface area contributed by atoms with Gasteiger partial charge in [0.25, 0.3) is 0 Å². The van der Waals surface area contributed by atoms with Gasteiger partial charge >= 0.3 is 0 Å². The summed E-state index contributed by atoms with van der Waals surface area (Å²) in [4.78, 5) is 9.71. The van der Waals surface area contributed by atoms with E-state index in [1.54, 1.807) is 47.1 Å². The van der Waals surface area contributed by atoms with Gasteiger partial charge in [0.2, 0.25) is 21.9 Å². The molecule has 0 bridgehead atoms. The lowest BCUT2D eigenvalue weighted by Crippen LogP contribution is -2.45. The summed E-state index contributed by atoms with van der Waals surface area (Å²) >= 11 is 0. The molecular weight excluding hydrogens is 517 g/mol. The molecule has 1 aliphatic heterocycles. The molecule has 0 unspecified atom stereocenters. The van der Waals surface area contributed by atoms with Gasteiger partial charge < -0.3 is 14.4 Å². The number of aryl methyl sites for hydroxylation is 1. The molecule has 15 heteroatoms. The Morgan fingerprint density at radius 3 is 2.42 bits per heavy atom. The Hall–Kier alpha value is -4.27. The largest absolute Gasteiger partial charge is 0.494 e. The number of methoxy groups -OCH3 is 2. The molecule has 13 nitrogen and oxygen atoms in total. The quantitative estimate of drug-likeness (QED) is 0.351. The predicted octanol–water partition coefficient (Wildman–Crippen LogP) is 2.02. The van der Waals surface area contributed by atoms with Gasteiger partial charge in [0, 0.05) is 26.3 Å². The molecular formula is C23H26FN9O4S. The van der Waals surface area contributed by atoms with Crippen molar-refractivity contribution in [3.63, 3.8) is 0 Å². The fourth-order valence-electron chi connectivity index (χ4n) is 4.37. The van der Waals surface area contributed by atoms with E-state index in [1.165, 1.54) is 18.8 Å². The smallest absolute Gasteiger partial charge is 0.243 e. The zero-order chi connectivity index (χ0) is 26.9. The van der Waals surface area contributed by atoms with Gasteiger partial charge in [-0.1, -0.05) is 6.07 Å². The average Bonchev–Trinajstić information content (AvgIpc) is 3.54. The van der Waals surface area contributed by atoms with Crippen LogP contribution in [0.15, 0.2) is 42.9 Å². The Kier molecular flexibility index (Phi) is 6.84. The lowest BCUT2D eigenvalue weighted by Gasteiger charge is -2.32. The van der Waals surface area contributed by atoms with E-state index in [0.717, 1.165) is 12.4 Å². The van der Waals surface area contributed by atoms with Crippen LogP contribution < -0.4 is 19.1 Å². The van der Waals surface area contributed by atoms with Crippen molar-refractivity contribution in [2.45, 2.75) is 18.1 Å². The molecule has 0 radical (unpaired) electrons. The lowest BCUT2D eigenvalue weighted by atomic mass is 10.1. The Bertz CT molecular complexity index is 1520. The van der Waals surface area contributed by atoms with Crippen molar-refractivity contribution >= 4 is 21.9 Å². The zero-order valence-electron chi connectivity index (χ0n) is 20.9. The Morgan fingerprint density at radius 1 is 1.08 bits per heavy atom. The number of nitrogens with zero attached hydrogens (tertiary/aromatic N) is 8. The maximum absolute atomic E-state index is 13.6. The average molecular weight is 544 g/mol. The second-order valence-electron chi connectivity index (χ2n) is 8.63. The van der Waals surface area contributed by atoms with E-state index in [-0.39, 0.29) is 24.3 Å². The van der Waals surface area contributed by atoms with Gasteiger partial charge in [-0.05, 0) is 31.0 Å². The number of para-hydroxylation sites is 1. The number of rotatable bonds is 8. The van der Waals surface area contributed by atoms with Gasteiger partial charge in [-0.3, -0.25) is 14.0 Å². The normalized spacial score (nSPS) is 15.9. The van der Waals surface area contributed by atoms with E-state index in [4.69, 9.17) is 9.47 Å². The van der Waals surface area contributed by atoms with Crippen molar-refractivity contribution < 1.29 is 22.3 Å². The molecule has 0 saturated carbocycles. The first kappa shape index (κ1) is 25.4. The third-order valence-corrected chi connectivity index (χ3v) is 7.90. The number of anilines is 2. The summed E-state index contributed by atoms with van der Waals surface area (Å²) in [6.45, 7) is 0.677. The van der Waals surface area contributed by atoms with Crippen LogP contribution >= 0.6 is 0 Å². The number of nitrogens with one attached hydrogen (secondary N) is 1. The maximum atomic E-state index is 13.6. The molecule has 200 valence electrons. The number of halogens is 1. The molecule has 1 aliphatic rings. The van der Waals surface area contributed by atoms with E-state index in [2.05, 4.69) is 30.0 Å². The molecule has 1 N–H and O–H groups in total. The number of piperidine rings is 1. The zero-order valence-corrected chi connectivity index (χ0v) is 21.8. The standard InChI is InChI=1S/C23H26FN9O4S/c1-31-11-9-17(29-31)21-27-28-23(33(21)20-18(36-2)7-4-8-19(20)37-3)30-38(34,35)16-6-5-10-32(14-16)22-25-12-15(24)13-26-22/h4,7-9,11-13,16H,5-6,10,14H2,1-3H3,(H,28,30)/t16-/m1/s1. The van der Waals surface area contributed by atoms with Gasteiger partial charge in [-0.25, -0.2) is 22.8 Å². The van der Waals surface area contributed by atoms with Gasteiger partial charge in [-0.15, -0.1) is 10.2 Å². The molecule has 0 aliphatic carbocycles. The van der Waals surface area contributed by atoms with Gasteiger partial charge in [0.1, 0.15) is 22.9 Å². The summed E-state index contributed by atoms with van der Waals surface area (Å²) in [6, 6.07) is 6.94. The van der Waals surface area contributed by atoms with Crippen molar-refractivity contribution in [1.29, 1.82) is 0 Å². The van der Waals surface area contributed by atoms with E-state index in [1.807, 2.05) is 0 Å². The number of hydrogen-bond acceptors (Lipinski definition) is 10. The number of sulfonamides is 1. The number of hydrogen-bond donors (Lipinski definition) is 1. The Labute approximate surface area is 218 Å². The van der Waals surface area contributed by atoms with Crippen LogP contribution in [-0.4, -0.2) is 75.5 Å². The second kappa shape index (κ2) is 10.2. The molecule has 1 atom stereocenters. The summed E-state index contributed by atoms with van der Waals surface area (Å²) in [7, 11) is 0.793. The summed E-state index contributed by atoms with van der Waals surface area (Å²) in [5.74, 6) is 0.773. The van der Waals surface area contributed by atoms with Crippen LogP contribution in [0.3, 0.4) is 0 Å². The molecule has 1 aromatic carbocycles. The predicted molar refractivity (Wildman–Crippen MR) is 136 cm³/mol. The third-order valence-electron chi connectivity index (χ3n) is 6.17. The van der Waals surface area contributed by atoms with E-state index in [9.17, 15) is 12.8 Å². The van der Waals surface area contributed by atoms with Crippen molar-refractivity contribution in [3.05, 3.63) is 48.7 Å². The van der Waals surface area contributed by atoms with Gasteiger partial charge in [-0.2, -0.15) is 5.10 Å². The van der Waals surface area contributed by atoms with Crippen molar-refractivity contribution in [1.82, 2.24) is 34.5 Å². The van der Waals surface area contributed by atoms with E-state index in [0.29, 0.717) is 42.3 Å². The highest BCUT2D eigenvalue weighted by atomic mass is 32.2. The number of aromatic nitrogens is 7. The molecule has 1 saturated heterocycles. The SMILES string of the molecule is COc1cccc(OC)c1-n1c(NS(=O)(=O)[C@@H]2CCCN(c3ncc(F)cn3)C2)nnc1-c1ccn(C)n1. The van der Waals surface area contributed by atoms with Crippen LogP contribution in [0.4, 0.5) is 16.3 Å². The molecule has 0 spiro atoms. The summed E-state index contributed by atoms with van der Waals surface area (Å²) in [6.07, 6.45) is 4.85. The highest BCUT2D eigenvalue weighted by Gasteiger charge is 2.34. The minimum Gasteiger partial charge on any atom is -0.494 e. The fraction of sp³-hybridized carbons (Fsp3) is 0.348. The lowest BCUT2D eigenvalue weighted by molar-refractivity contribution is 0.391. The van der Waals surface area contributed by atoms with Crippen LogP contribution in [0.2, 0.25) is 0 Å². The second-order valence-corrected chi connectivity index (χ2v) is 10.6.